The van der Waals surface area contributed by atoms with Crippen LogP contribution in [-0.4, -0.2) is 23.2 Å². The molecule has 0 N–H and O–H groups in total. The molecule has 0 saturated carbocycles. The van der Waals surface area contributed by atoms with E-state index in [0.717, 1.165) is 0 Å². The van der Waals surface area contributed by atoms with Gasteiger partial charge in [0.1, 0.15) is 0 Å². The summed E-state index contributed by atoms with van der Waals surface area (Å²) in [5.41, 5.74) is 2.50. The molecule has 0 fully saturated rings. The van der Waals surface area contributed by atoms with Gasteiger partial charge in [0.2, 0.25) is 5.91 Å². The highest BCUT2D eigenvalue weighted by atomic mass is 79.9. The predicted molar refractivity (Wildman–Crippen MR) is 70.8 cm³/mol. The van der Waals surface area contributed by atoms with Crippen LogP contribution in [0.15, 0.2) is 24.3 Å². The molecule has 0 aliphatic rings. The Balaban J connectivity index is 2.65. The molecule has 0 unspecified atom stereocenters. The fourth-order valence-electron chi connectivity index (χ4n) is 1.47. The second-order valence-corrected chi connectivity index (χ2v) is 4.84. The van der Waals surface area contributed by atoms with E-state index in [2.05, 4.69) is 54.0 Å². The van der Waals surface area contributed by atoms with Crippen molar-refractivity contribution in [2.24, 2.45) is 0 Å². The van der Waals surface area contributed by atoms with Gasteiger partial charge in [-0.3, -0.25) is 4.79 Å². The first kappa shape index (κ1) is 13.2. The first-order chi connectivity index (χ1) is 7.54. The molecule has 16 heavy (non-hydrogen) atoms. The number of carbonyl (C=O) groups excluding carboxylic acids is 1. The molecule has 1 aromatic rings. The third-order valence-electron chi connectivity index (χ3n) is 2.61. The van der Waals surface area contributed by atoms with Gasteiger partial charge in [0.15, 0.2) is 0 Å². The van der Waals surface area contributed by atoms with E-state index in [1.165, 1.54) is 11.1 Å². The number of alkyl halides is 1. The van der Waals surface area contributed by atoms with Crippen LogP contribution in [0, 0.1) is 0 Å². The summed E-state index contributed by atoms with van der Waals surface area (Å²) in [6, 6.07) is 8.44. The van der Waals surface area contributed by atoms with Crippen molar-refractivity contribution in [1.29, 1.82) is 0 Å². The molecule has 0 bridgehead atoms. The van der Waals surface area contributed by atoms with Crippen LogP contribution in [0.25, 0.3) is 0 Å². The lowest BCUT2D eigenvalue weighted by Gasteiger charge is -2.16. The van der Waals surface area contributed by atoms with E-state index >= 15 is 0 Å². The molecule has 0 saturated heterocycles. The number of hydrogen-bond acceptors (Lipinski definition) is 1. The van der Waals surface area contributed by atoms with Crippen LogP contribution < -0.4 is 0 Å². The van der Waals surface area contributed by atoms with E-state index in [9.17, 15) is 4.79 Å². The van der Waals surface area contributed by atoms with Crippen molar-refractivity contribution in [2.75, 3.05) is 12.4 Å². The minimum absolute atomic E-state index is 0.105. The van der Waals surface area contributed by atoms with Crippen molar-refractivity contribution in [1.82, 2.24) is 4.90 Å². The van der Waals surface area contributed by atoms with Gasteiger partial charge in [0.25, 0.3) is 0 Å². The van der Waals surface area contributed by atoms with Crippen LogP contribution in [0.4, 0.5) is 0 Å². The molecule has 0 aliphatic heterocycles. The average Bonchev–Trinajstić information content (AvgIpc) is 2.28. The molecule has 88 valence electrons. The van der Waals surface area contributed by atoms with Crippen LogP contribution >= 0.6 is 15.9 Å². The first-order valence-corrected chi connectivity index (χ1v) is 6.55. The Morgan fingerprint density at radius 1 is 1.31 bits per heavy atom. The Kier molecular flexibility index (Phi) is 5.00. The highest BCUT2D eigenvalue weighted by Gasteiger charge is 2.07. The molecule has 0 aliphatic carbocycles. The van der Waals surface area contributed by atoms with Crippen LogP contribution in [0.5, 0.6) is 0 Å². The molecule has 1 rings (SSSR count). The summed E-state index contributed by atoms with van der Waals surface area (Å²) >= 11 is 3.17. The van der Waals surface area contributed by atoms with Crippen LogP contribution in [0.3, 0.4) is 0 Å². The summed E-state index contributed by atoms with van der Waals surface area (Å²) in [6.07, 6.45) is 0. The third kappa shape index (κ3) is 3.63. The molecule has 0 aromatic heterocycles. The lowest BCUT2D eigenvalue weighted by Crippen LogP contribution is -2.26. The second kappa shape index (κ2) is 6.04. The largest absolute Gasteiger partial charge is 0.341 e. The van der Waals surface area contributed by atoms with E-state index < -0.39 is 0 Å². The number of rotatable bonds is 4. The molecular formula is C13H18BrNO. The van der Waals surface area contributed by atoms with Crippen molar-refractivity contribution in [3.63, 3.8) is 0 Å². The maximum atomic E-state index is 11.4. The third-order valence-corrected chi connectivity index (χ3v) is 3.09. The molecule has 2 nitrogen and oxygen atoms in total. The molecule has 0 atom stereocenters. The molecule has 0 spiro atoms. The van der Waals surface area contributed by atoms with E-state index in [1.807, 2.05) is 7.05 Å². The van der Waals surface area contributed by atoms with E-state index in [1.54, 1.807) is 4.90 Å². The minimum atomic E-state index is 0.105. The maximum Gasteiger partial charge on any atom is 0.233 e. The second-order valence-electron chi connectivity index (χ2n) is 4.28. The Morgan fingerprint density at radius 3 is 2.31 bits per heavy atom. The normalized spacial score (nSPS) is 10.6. The topological polar surface area (TPSA) is 20.3 Å². The SMILES string of the molecule is CC(C)c1ccc(CN(C)C(=O)CBr)cc1. The van der Waals surface area contributed by atoms with Gasteiger partial charge in [0.05, 0.1) is 5.33 Å². The lowest BCUT2D eigenvalue weighted by atomic mass is 10.0. The Labute approximate surface area is 106 Å². The standard InChI is InChI=1S/C13H18BrNO/c1-10(2)12-6-4-11(5-7-12)9-15(3)13(16)8-14/h4-7,10H,8-9H2,1-3H3. The van der Waals surface area contributed by atoms with Gasteiger partial charge in [-0.1, -0.05) is 54.0 Å². The van der Waals surface area contributed by atoms with Gasteiger partial charge in [-0.25, -0.2) is 0 Å². The fraction of sp³-hybridized carbons (Fsp3) is 0.462. The van der Waals surface area contributed by atoms with Gasteiger partial charge in [-0.2, -0.15) is 0 Å². The monoisotopic (exact) mass is 283 g/mol. The van der Waals surface area contributed by atoms with Crippen molar-refractivity contribution in [3.05, 3.63) is 35.4 Å². The molecule has 0 radical (unpaired) electrons. The number of benzene rings is 1. The zero-order valence-electron chi connectivity index (χ0n) is 10.0. The summed E-state index contributed by atoms with van der Waals surface area (Å²) < 4.78 is 0. The van der Waals surface area contributed by atoms with E-state index in [0.29, 0.717) is 17.8 Å². The van der Waals surface area contributed by atoms with Crippen molar-refractivity contribution in [3.8, 4) is 0 Å². The van der Waals surface area contributed by atoms with Crippen LogP contribution in [-0.2, 0) is 11.3 Å². The Morgan fingerprint density at radius 2 is 1.88 bits per heavy atom. The van der Waals surface area contributed by atoms with Crippen molar-refractivity contribution < 1.29 is 4.79 Å². The predicted octanol–water partition coefficient (Wildman–Crippen LogP) is 3.16. The average molecular weight is 284 g/mol. The summed E-state index contributed by atoms with van der Waals surface area (Å²) in [6.45, 7) is 5.02. The van der Waals surface area contributed by atoms with Gasteiger partial charge < -0.3 is 4.90 Å². The van der Waals surface area contributed by atoms with Crippen LogP contribution in [0.1, 0.15) is 30.9 Å². The highest BCUT2D eigenvalue weighted by molar-refractivity contribution is 9.09. The number of carbonyl (C=O) groups is 1. The Hall–Kier alpha value is -0.830. The minimum Gasteiger partial charge on any atom is -0.341 e. The number of amides is 1. The zero-order chi connectivity index (χ0) is 12.1. The maximum absolute atomic E-state index is 11.4. The Bertz CT molecular complexity index is 345. The molecule has 1 amide bonds. The van der Waals surface area contributed by atoms with Crippen molar-refractivity contribution in [2.45, 2.75) is 26.3 Å². The summed E-state index contributed by atoms with van der Waals surface area (Å²) in [7, 11) is 1.82. The number of halogens is 1. The molecule has 3 heteroatoms. The lowest BCUT2D eigenvalue weighted by molar-refractivity contribution is -0.127. The first-order valence-electron chi connectivity index (χ1n) is 5.43. The molecule has 0 heterocycles. The van der Waals surface area contributed by atoms with Gasteiger partial charge in [-0.05, 0) is 17.0 Å². The highest BCUT2D eigenvalue weighted by Crippen LogP contribution is 2.15. The van der Waals surface area contributed by atoms with E-state index in [4.69, 9.17) is 0 Å². The summed E-state index contributed by atoms with van der Waals surface area (Å²) in [5.74, 6) is 0.656. The molecule has 1 aromatic carbocycles. The summed E-state index contributed by atoms with van der Waals surface area (Å²) in [5, 5.41) is 0.383. The van der Waals surface area contributed by atoms with Crippen molar-refractivity contribution >= 4 is 21.8 Å². The van der Waals surface area contributed by atoms with Crippen LogP contribution in [0.2, 0.25) is 0 Å². The smallest absolute Gasteiger partial charge is 0.233 e. The van der Waals surface area contributed by atoms with Gasteiger partial charge >= 0.3 is 0 Å². The zero-order valence-corrected chi connectivity index (χ0v) is 11.6. The fourth-order valence-corrected chi connectivity index (χ4v) is 1.90. The number of hydrogen-bond donors (Lipinski definition) is 0. The number of nitrogens with zero attached hydrogens (tertiary/aromatic N) is 1. The van der Waals surface area contributed by atoms with Gasteiger partial charge in [-0.15, -0.1) is 0 Å². The quantitative estimate of drug-likeness (QED) is 0.778. The molecular weight excluding hydrogens is 266 g/mol. The van der Waals surface area contributed by atoms with Gasteiger partial charge in [0, 0.05) is 13.6 Å². The summed E-state index contributed by atoms with van der Waals surface area (Å²) in [4.78, 5) is 13.1. The van der Waals surface area contributed by atoms with E-state index in [-0.39, 0.29) is 5.91 Å².